The van der Waals surface area contributed by atoms with Gasteiger partial charge in [0.2, 0.25) is 21.8 Å². The number of hydrogen-bond donors (Lipinski definition) is 1. The molecule has 2 aliphatic carbocycles. The monoisotopic (exact) mass is 542 g/mol. The number of amides is 1. The second-order valence-electron chi connectivity index (χ2n) is 11.7. The molecule has 0 radical (unpaired) electrons. The van der Waals surface area contributed by atoms with Crippen molar-refractivity contribution < 1.29 is 27.8 Å². The molecule has 5 rings (SSSR count). The maximum atomic E-state index is 13.8. The van der Waals surface area contributed by atoms with Gasteiger partial charge in [0, 0.05) is 17.2 Å². The van der Waals surface area contributed by atoms with Crippen LogP contribution in [0.2, 0.25) is 0 Å². The molecule has 206 valence electrons. The van der Waals surface area contributed by atoms with Crippen molar-refractivity contribution in [1.82, 2.24) is 9.29 Å². The molecule has 2 heterocycles. The maximum absolute atomic E-state index is 13.8. The van der Waals surface area contributed by atoms with Crippen LogP contribution in [-0.2, 0) is 38.4 Å². The fraction of sp³-hybridized carbons (Fsp3) is 0.586. The highest BCUT2D eigenvalue weighted by atomic mass is 32.2. The Morgan fingerprint density at radius 1 is 1.21 bits per heavy atom. The maximum Gasteiger partial charge on any atom is 0.239 e. The van der Waals surface area contributed by atoms with E-state index in [-0.39, 0.29) is 36.7 Å². The molecule has 2 saturated carbocycles. The molecule has 1 aromatic carbocycles. The van der Waals surface area contributed by atoms with Gasteiger partial charge in [-0.15, -0.1) is 0 Å². The zero-order valence-corrected chi connectivity index (χ0v) is 23.5. The number of nitrogens with zero attached hydrogens (tertiary/aromatic N) is 2. The molecule has 2 aromatic rings. The molecule has 1 unspecified atom stereocenters. The zero-order valence-electron chi connectivity index (χ0n) is 22.6. The van der Waals surface area contributed by atoms with E-state index in [2.05, 4.69) is 18.8 Å². The van der Waals surface area contributed by atoms with E-state index in [0.29, 0.717) is 36.0 Å². The van der Waals surface area contributed by atoms with Gasteiger partial charge in [-0.3, -0.25) is 4.79 Å². The van der Waals surface area contributed by atoms with Gasteiger partial charge in [0.05, 0.1) is 44.1 Å². The van der Waals surface area contributed by atoms with Crippen molar-refractivity contribution >= 4 is 15.9 Å². The summed E-state index contributed by atoms with van der Waals surface area (Å²) in [6, 6.07) is 11.1. The van der Waals surface area contributed by atoms with E-state index in [4.69, 9.17) is 9.47 Å². The van der Waals surface area contributed by atoms with Gasteiger partial charge in [-0.25, -0.2) is 17.7 Å². The number of ether oxygens (including phenoxy) is 2. The highest BCUT2D eigenvalue weighted by Gasteiger charge is 2.72. The van der Waals surface area contributed by atoms with Crippen LogP contribution in [0.25, 0.3) is 0 Å². The Morgan fingerprint density at radius 2 is 1.95 bits per heavy atom. The van der Waals surface area contributed by atoms with Crippen LogP contribution in [0.3, 0.4) is 0 Å². The molecule has 4 atom stereocenters. The summed E-state index contributed by atoms with van der Waals surface area (Å²) in [5, 5.41) is 11.9. The first kappa shape index (κ1) is 27.1. The average molecular weight is 543 g/mol. The van der Waals surface area contributed by atoms with Gasteiger partial charge in [-0.2, -0.15) is 0 Å². The standard InChI is InChI=1S/C29H38N2O6S/c1-5-29(33,23-12-14-30-26(36-4)22(23)18-37-17-20-9-7-6-8-10-20)16-25(32)31-24-15-21-11-13-28(24,27(21,2)3)19-38(31,34)35/h6-10,12,14,21,24,33H,5,11,13,15-19H2,1-4H3/t21-,24-,28-,29?/m0/s1. The molecule has 9 heteroatoms. The molecule has 3 fully saturated rings. The summed E-state index contributed by atoms with van der Waals surface area (Å²) in [7, 11) is -2.28. The predicted octanol–water partition coefficient (Wildman–Crippen LogP) is 4.16. The lowest BCUT2D eigenvalue weighted by molar-refractivity contribution is -0.135. The summed E-state index contributed by atoms with van der Waals surface area (Å²) < 4.78 is 39.4. The number of aliphatic hydroxyl groups is 1. The van der Waals surface area contributed by atoms with E-state index in [1.807, 2.05) is 30.3 Å². The molecule has 3 aliphatic rings. The van der Waals surface area contributed by atoms with Crippen LogP contribution >= 0.6 is 0 Å². The van der Waals surface area contributed by atoms with E-state index in [0.717, 1.165) is 22.7 Å². The minimum atomic E-state index is -3.78. The largest absolute Gasteiger partial charge is 0.481 e. The summed E-state index contributed by atoms with van der Waals surface area (Å²) in [4.78, 5) is 18.1. The Labute approximate surface area is 225 Å². The molecule has 8 nitrogen and oxygen atoms in total. The van der Waals surface area contributed by atoms with Crippen molar-refractivity contribution in [3.05, 3.63) is 59.3 Å². The van der Waals surface area contributed by atoms with Crippen LogP contribution in [-0.4, -0.2) is 47.6 Å². The van der Waals surface area contributed by atoms with Gasteiger partial charge in [0.15, 0.2) is 0 Å². The van der Waals surface area contributed by atoms with Gasteiger partial charge < -0.3 is 14.6 Å². The molecule has 1 amide bonds. The van der Waals surface area contributed by atoms with E-state index in [1.54, 1.807) is 13.0 Å². The van der Waals surface area contributed by atoms with Gasteiger partial charge in [0.25, 0.3) is 0 Å². The molecule has 1 aliphatic heterocycles. The number of sulfonamides is 1. The lowest BCUT2D eigenvalue weighted by Crippen LogP contribution is -2.46. The van der Waals surface area contributed by atoms with Crippen molar-refractivity contribution in [3.63, 3.8) is 0 Å². The molecule has 1 saturated heterocycles. The molecular weight excluding hydrogens is 504 g/mol. The highest BCUT2D eigenvalue weighted by Crippen LogP contribution is 2.70. The number of hydrogen-bond acceptors (Lipinski definition) is 7. The third-order valence-corrected chi connectivity index (χ3v) is 11.7. The zero-order chi connectivity index (χ0) is 27.3. The van der Waals surface area contributed by atoms with Gasteiger partial charge >= 0.3 is 0 Å². The van der Waals surface area contributed by atoms with Crippen molar-refractivity contribution in [2.75, 3.05) is 12.9 Å². The van der Waals surface area contributed by atoms with Crippen LogP contribution in [0.5, 0.6) is 5.88 Å². The smallest absolute Gasteiger partial charge is 0.239 e. The number of rotatable bonds is 9. The fourth-order valence-corrected chi connectivity index (χ4v) is 9.98. The summed E-state index contributed by atoms with van der Waals surface area (Å²) in [6.45, 7) is 6.56. The molecular formula is C29H38N2O6S. The van der Waals surface area contributed by atoms with E-state index in [1.165, 1.54) is 13.3 Å². The number of fused-ring (bicyclic) bond motifs is 1. The van der Waals surface area contributed by atoms with Crippen LogP contribution in [0, 0.1) is 16.7 Å². The second-order valence-corrected chi connectivity index (χ2v) is 13.5. The van der Waals surface area contributed by atoms with Crippen molar-refractivity contribution in [2.24, 2.45) is 16.7 Å². The number of methoxy groups -OCH3 is 1. The second kappa shape index (κ2) is 9.61. The third-order valence-electron chi connectivity index (χ3n) is 9.75. The topological polar surface area (TPSA) is 106 Å². The van der Waals surface area contributed by atoms with Crippen molar-refractivity contribution in [2.45, 2.75) is 77.7 Å². The summed E-state index contributed by atoms with van der Waals surface area (Å²) in [6.07, 6.45) is 3.91. The third kappa shape index (κ3) is 4.14. The van der Waals surface area contributed by atoms with E-state index < -0.39 is 26.9 Å². The quantitative estimate of drug-likeness (QED) is 0.507. The van der Waals surface area contributed by atoms with Gasteiger partial charge in [0.1, 0.15) is 0 Å². The molecule has 1 spiro atoms. The lowest BCUT2D eigenvalue weighted by Gasteiger charge is -2.37. The molecule has 1 aromatic heterocycles. The molecule has 38 heavy (non-hydrogen) atoms. The first-order chi connectivity index (χ1) is 18.0. The normalized spacial score (nSPS) is 28.2. The van der Waals surface area contributed by atoms with Crippen molar-refractivity contribution in [3.8, 4) is 5.88 Å². The summed E-state index contributed by atoms with van der Waals surface area (Å²) in [5.74, 6) is 0.164. The summed E-state index contributed by atoms with van der Waals surface area (Å²) in [5.41, 5.74) is -0.149. The number of aromatic nitrogens is 1. The number of carbonyl (C=O) groups excluding carboxylic acids is 1. The summed E-state index contributed by atoms with van der Waals surface area (Å²) >= 11 is 0. The molecule has 2 bridgehead atoms. The lowest BCUT2D eigenvalue weighted by atomic mass is 9.69. The minimum absolute atomic E-state index is 0.00607. The van der Waals surface area contributed by atoms with Crippen LogP contribution in [0.15, 0.2) is 42.6 Å². The van der Waals surface area contributed by atoms with Gasteiger partial charge in [-0.05, 0) is 54.2 Å². The van der Waals surface area contributed by atoms with Crippen LogP contribution in [0.4, 0.5) is 0 Å². The number of pyridine rings is 1. The van der Waals surface area contributed by atoms with Gasteiger partial charge in [-0.1, -0.05) is 51.1 Å². The van der Waals surface area contributed by atoms with E-state index in [9.17, 15) is 18.3 Å². The number of benzene rings is 1. The Morgan fingerprint density at radius 3 is 2.61 bits per heavy atom. The average Bonchev–Trinajstić information content (AvgIpc) is 3.37. The Balaban J connectivity index is 1.42. The Bertz CT molecular complexity index is 1310. The van der Waals surface area contributed by atoms with Crippen LogP contribution in [0.1, 0.15) is 69.6 Å². The van der Waals surface area contributed by atoms with Crippen molar-refractivity contribution in [1.29, 1.82) is 0 Å². The highest BCUT2D eigenvalue weighted by molar-refractivity contribution is 7.90. The molecule has 1 N–H and O–H groups in total. The van der Waals surface area contributed by atoms with Crippen LogP contribution < -0.4 is 4.74 Å². The Kier molecular flexibility index (Phi) is 6.85. The Hall–Kier alpha value is -2.49. The van der Waals surface area contributed by atoms with E-state index >= 15 is 0 Å². The SMILES string of the molecule is CCC(O)(CC(=O)N1[C@H]2C[C@@H]3CC[C@@]2(CS1(=O)=O)C3(C)C)c1ccnc(OC)c1COCc1ccccc1. The predicted molar refractivity (Wildman–Crippen MR) is 143 cm³/mol. The fourth-order valence-electron chi connectivity index (χ4n) is 7.43. The first-order valence-corrected chi connectivity index (χ1v) is 15.0. The first-order valence-electron chi connectivity index (χ1n) is 13.4. The number of carbonyl (C=O) groups is 1. The minimum Gasteiger partial charge on any atom is -0.481 e.